The Balaban J connectivity index is 2.22. The fraction of sp³-hybridized carbons (Fsp3) is 0.733. The van der Waals surface area contributed by atoms with Gasteiger partial charge in [0.25, 0.3) is 0 Å². The quantitative estimate of drug-likeness (QED) is 0.579. The van der Waals surface area contributed by atoms with Gasteiger partial charge in [-0.1, -0.05) is 0 Å². The summed E-state index contributed by atoms with van der Waals surface area (Å²) in [7, 11) is 0. The standard InChI is InChI=1S/C15H22F3N5O4/c1-10-8-20(5-6-21(10)13(24)27-14(2,3)4)12-11(23(25)26)7-19-22(12)9-15(16,17)18/h7,10H,5-6,8-9H2,1-4H3. The highest BCUT2D eigenvalue weighted by Gasteiger charge is 2.37. The molecule has 0 saturated carbocycles. The smallest absolute Gasteiger partial charge is 0.410 e. The number of ether oxygens (including phenoxy) is 1. The molecule has 0 bridgehead atoms. The van der Waals surface area contributed by atoms with Crippen molar-refractivity contribution in [2.75, 3.05) is 24.5 Å². The van der Waals surface area contributed by atoms with Gasteiger partial charge in [-0.05, 0) is 27.7 Å². The molecule has 1 atom stereocenters. The molecule has 12 heteroatoms. The van der Waals surface area contributed by atoms with E-state index in [9.17, 15) is 28.1 Å². The van der Waals surface area contributed by atoms with E-state index in [2.05, 4.69) is 5.10 Å². The summed E-state index contributed by atoms with van der Waals surface area (Å²) >= 11 is 0. The third-order valence-electron chi connectivity index (χ3n) is 3.87. The van der Waals surface area contributed by atoms with Gasteiger partial charge in [0, 0.05) is 25.7 Å². The van der Waals surface area contributed by atoms with Crippen LogP contribution in [-0.2, 0) is 11.3 Å². The number of rotatable bonds is 3. The zero-order chi connectivity index (χ0) is 20.6. The molecule has 1 amide bonds. The molecule has 1 unspecified atom stereocenters. The lowest BCUT2D eigenvalue weighted by Gasteiger charge is -2.40. The van der Waals surface area contributed by atoms with Gasteiger partial charge in [0.1, 0.15) is 18.3 Å². The number of piperazine rings is 1. The lowest BCUT2D eigenvalue weighted by atomic mass is 10.2. The van der Waals surface area contributed by atoms with E-state index in [1.54, 1.807) is 27.7 Å². The fourth-order valence-electron chi connectivity index (χ4n) is 2.85. The number of anilines is 1. The van der Waals surface area contributed by atoms with E-state index < -0.39 is 41.1 Å². The third-order valence-corrected chi connectivity index (χ3v) is 3.87. The summed E-state index contributed by atoms with van der Waals surface area (Å²) in [6.45, 7) is 5.84. The Bertz CT molecular complexity index is 713. The normalized spacial score (nSPS) is 18.6. The van der Waals surface area contributed by atoms with Crippen molar-refractivity contribution in [1.29, 1.82) is 0 Å². The number of halogens is 3. The summed E-state index contributed by atoms with van der Waals surface area (Å²) in [5.74, 6) is -0.215. The number of nitrogens with zero attached hydrogens (tertiary/aromatic N) is 5. The highest BCUT2D eigenvalue weighted by Crippen LogP contribution is 2.32. The number of aromatic nitrogens is 2. The van der Waals surface area contributed by atoms with Crippen molar-refractivity contribution in [2.45, 2.75) is 52.1 Å². The van der Waals surface area contributed by atoms with Gasteiger partial charge in [0.15, 0.2) is 0 Å². The van der Waals surface area contributed by atoms with Crippen molar-refractivity contribution >= 4 is 17.6 Å². The fourth-order valence-corrected chi connectivity index (χ4v) is 2.85. The molecule has 1 aromatic rings. The Labute approximate surface area is 153 Å². The predicted molar refractivity (Wildman–Crippen MR) is 89.6 cm³/mol. The first kappa shape index (κ1) is 20.8. The Kier molecular flexibility index (Phi) is 5.57. The molecule has 2 heterocycles. The number of amides is 1. The molecule has 0 N–H and O–H groups in total. The van der Waals surface area contributed by atoms with E-state index in [1.165, 1.54) is 9.80 Å². The van der Waals surface area contributed by atoms with Gasteiger partial charge in [-0.3, -0.25) is 10.1 Å². The second-order valence-corrected chi connectivity index (χ2v) is 7.35. The number of hydrogen-bond donors (Lipinski definition) is 0. The summed E-state index contributed by atoms with van der Waals surface area (Å²) in [5, 5.41) is 14.7. The summed E-state index contributed by atoms with van der Waals surface area (Å²) < 4.78 is 44.2. The van der Waals surface area contributed by atoms with Gasteiger partial charge < -0.3 is 14.5 Å². The van der Waals surface area contributed by atoms with Crippen molar-refractivity contribution in [3.63, 3.8) is 0 Å². The van der Waals surface area contributed by atoms with Gasteiger partial charge >= 0.3 is 18.0 Å². The third kappa shape index (κ3) is 5.23. The van der Waals surface area contributed by atoms with Crippen molar-refractivity contribution < 1.29 is 27.6 Å². The SMILES string of the molecule is CC1CN(c2c([N+](=O)[O-])cnn2CC(F)(F)F)CCN1C(=O)OC(C)(C)C. The zero-order valence-electron chi connectivity index (χ0n) is 15.5. The maximum absolute atomic E-state index is 12.8. The number of carbonyl (C=O) groups is 1. The minimum Gasteiger partial charge on any atom is -0.444 e. The second-order valence-electron chi connectivity index (χ2n) is 7.35. The highest BCUT2D eigenvalue weighted by molar-refractivity contribution is 5.69. The van der Waals surface area contributed by atoms with E-state index in [4.69, 9.17) is 4.74 Å². The van der Waals surface area contributed by atoms with E-state index >= 15 is 0 Å². The molecule has 27 heavy (non-hydrogen) atoms. The summed E-state index contributed by atoms with van der Waals surface area (Å²) in [6.07, 6.45) is -4.29. The van der Waals surface area contributed by atoms with Gasteiger partial charge in [-0.25, -0.2) is 9.48 Å². The van der Waals surface area contributed by atoms with Crippen molar-refractivity contribution in [3.8, 4) is 0 Å². The Morgan fingerprint density at radius 3 is 2.48 bits per heavy atom. The van der Waals surface area contributed by atoms with Crippen LogP contribution < -0.4 is 4.90 Å². The van der Waals surface area contributed by atoms with Crippen LogP contribution in [0.2, 0.25) is 0 Å². The van der Waals surface area contributed by atoms with Crippen LogP contribution in [0.1, 0.15) is 27.7 Å². The van der Waals surface area contributed by atoms with E-state index in [1.807, 2.05) is 0 Å². The molecule has 0 radical (unpaired) electrons. The van der Waals surface area contributed by atoms with Crippen molar-refractivity contribution in [2.24, 2.45) is 0 Å². The molecule has 1 saturated heterocycles. The predicted octanol–water partition coefficient (Wildman–Crippen LogP) is 2.80. The van der Waals surface area contributed by atoms with Crippen LogP contribution in [0.5, 0.6) is 0 Å². The molecular weight excluding hydrogens is 371 g/mol. The van der Waals surface area contributed by atoms with Crippen molar-refractivity contribution in [3.05, 3.63) is 16.3 Å². The average Bonchev–Trinajstić information content (AvgIpc) is 2.86. The first-order valence-corrected chi connectivity index (χ1v) is 8.30. The van der Waals surface area contributed by atoms with Crippen LogP contribution in [0.15, 0.2) is 6.20 Å². The van der Waals surface area contributed by atoms with Gasteiger partial charge in [0.05, 0.1) is 4.92 Å². The van der Waals surface area contributed by atoms with E-state index in [0.29, 0.717) is 4.68 Å². The van der Waals surface area contributed by atoms with E-state index in [0.717, 1.165) is 6.20 Å². The summed E-state index contributed by atoms with van der Waals surface area (Å²) in [6, 6.07) is -0.414. The Morgan fingerprint density at radius 2 is 2.00 bits per heavy atom. The van der Waals surface area contributed by atoms with Gasteiger partial charge in [0.2, 0.25) is 5.82 Å². The molecule has 0 aromatic carbocycles. The number of alkyl halides is 3. The maximum Gasteiger partial charge on any atom is 0.410 e. The molecule has 1 aliphatic heterocycles. The highest BCUT2D eigenvalue weighted by atomic mass is 19.4. The van der Waals surface area contributed by atoms with Gasteiger partial charge in [-0.15, -0.1) is 0 Å². The first-order chi connectivity index (χ1) is 12.3. The molecular formula is C15H22F3N5O4. The number of hydrogen-bond acceptors (Lipinski definition) is 6. The Hall–Kier alpha value is -2.53. The Morgan fingerprint density at radius 1 is 1.37 bits per heavy atom. The lowest BCUT2D eigenvalue weighted by Crippen LogP contribution is -2.55. The molecule has 1 aromatic heterocycles. The number of nitro groups is 1. The monoisotopic (exact) mass is 393 g/mol. The number of carbonyl (C=O) groups excluding carboxylic acids is 1. The molecule has 0 aliphatic carbocycles. The van der Waals surface area contributed by atoms with E-state index in [-0.39, 0.29) is 25.5 Å². The lowest BCUT2D eigenvalue weighted by molar-refractivity contribution is -0.384. The van der Waals surface area contributed by atoms with Crippen LogP contribution >= 0.6 is 0 Å². The minimum absolute atomic E-state index is 0.115. The average molecular weight is 393 g/mol. The minimum atomic E-state index is -4.57. The van der Waals surface area contributed by atoms with Crippen LogP contribution in [0.25, 0.3) is 0 Å². The molecule has 1 fully saturated rings. The molecule has 152 valence electrons. The summed E-state index contributed by atoms with van der Waals surface area (Å²) in [5.41, 5.74) is -1.19. The topological polar surface area (TPSA) is 93.7 Å². The van der Waals surface area contributed by atoms with Crippen molar-refractivity contribution in [1.82, 2.24) is 14.7 Å². The van der Waals surface area contributed by atoms with Crippen LogP contribution in [0, 0.1) is 10.1 Å². The molecule has 1 aliphatic rings. The molecule has 9 nitrogen and oxygen atoms in total. The first-order valence-electron chi connectivity index (χ1n) is 8.30. The largest absolute Gasteiger partial charge is 0.444 e. The zero-order valence-corrected chi connectivity index (χ0v) is 15.5. The van der Waals surface area contributed by atoms with Crippen LogP contribution in [0.4, 0.5) is 29.5 Å². The van der Waals surface area contributed by atoms with Gasteiger partial charge in [-0.2, -0.15) is 18.3 Å². The van der Waals surface area contributed by atoms with Crippen LogP contribution in [-0.4, -0.2) is 63.2 Å². The summed E-state index contributed by atoms with van der Waals surface area (Å²) in [4.78, 5) is 25.6. The molecule has 0 spiro atoms. The maximum atomic E-state index is 12.8. The molecule has 2 rings (SSSR count). The van der Waals surface area contributed by atoms with Crippen LogP contribution in [0.3, 0.4) is 0 Å². The second kappa shape index (κ2) is 7.24.